The average Bonchev–Trinajstić information content (AvgIpc) is 1.89. The van der Waals surface area contributed by atoms with Gasteiger partial charge in [-0.15, -0.1) is 0 Å². The molecule has 2 aliphatic heterocycles. The van der Waals surface area contributed by atoms with Crippen molar-refractivity contribution in [2.75, 3.05) is 19.8 Å². The van der Waals surface area contributed by atoms with Gasteiger partial charge in [-0.05, 0) is 39.0 Å². The molecule has 0 saturated carbocycles. The van der Waals surface area contributed by atoms with Gasteiger partial charge in [0, 0.05) is 24.0 Å². The molecule has 16 heavy (non-hydrogen) atoms. The van der Waals surface area contributed by atoms with E-state index in [0.29, 0.717) is 11.0 Å². The molecular weight excluding hydrogens is 198 g/mol. The van der Waals surface area contributed by atoms with Crippen molar-refractivity contribution in [3.8, 4) is 0 Å². The predicted molar refractivity (Wildman–Crippen MR) is 67.6 cm³/mol. The van der Waals surface area contributed by atoms with Gasteiger partial charge >= 0.3 is 0 Å². The molecule has 2 rings (SSSR count). The van der Waals surface area contributed by atoms with Crippen LogP contribution < -0.4 is 0 Å². The van der Waals surface area contributed by atoms with Gasteiger partial charge in [0.1, 0.15) is 0 Å². The van der Waals surface area contributed by atoms with E-state index in [0.717, 1.165) is 25.2 Å². The van der Waals surface area contributed by atoms with Crippen LogP contribution >= 0.6 is 0 Å². The maximum Gasteiger partial charge on any atom is 0.0521 e. The zero-order valence-electron chi connectivity index (χ0n) is 11.5. The summed E-state index contributed by atoms with van der Waals surface area (Å²) >= 11 is 0. The Labute approximate surface area is 100 Å². The van der Waals surface area contributed by atoms with E-state index in [1.54, 1.807) is 0 Å². The highest BCUT2D eigenvalue weighted by Crippen LogP contribution is 2.41. The van der Waals surface area contributed by atoms with Crippen LogP contribution in [0.15, 0.2) is 0 Å². The third-order valence-electron chi connectivity index (χ3n) is 4.51. The van der Waals surface area contributed by atoms with Crippen LogP contribution in [0, 0.1) is 11.3 Å². The minimum absolute atomic E-state index is 0.342. The summed E-state index contributed by atoms with van der Waals surface area (Å²) in [7, 11) is 0. The Morgan fingerprint density at radius 3 is 2.06 bits per heavy atom. The Hall–Kier alpha value is -0.0800. The Balaban J connectivity index is 1.90. The van der Waals surface area contributed by atoms with Gasteiger partial charge in [-0.2, -0.15) is 0 Å². The molecule has 2 heterocycles. The van der Waals surface area contributed by atoms with Crippen molar-refractivity contribution in [3.05, 3.63) is 0 Å². The molecule has 2 heteroatoms. The molecule has 0 N–H and O–H groups in total. The maximum absolute atomic E-state index is 5.33. The fraction of sp³-hybridized carbons (Fsp3) is 1.00. The highest BCUT2D eigenvalue weighted by Gasteiger charge is 2.42. The minimum atomic E-state index is 0.342. The predicted octanol–water partition coefficient (Wildman–Crippen LogP) is 2.92. The summed E-state index contributed by atoms with van der Waals surface area (Å²) in [4.78, 5) is 2.66. The SMILES string of the molecule is CC(C)(CC1CCN1C(C)(C)C)C1COC1. The molecule has 0 aromatic rings. The molecule has 0 amide bonds. The number of hydrogen-bond acceptors (Lipinski definition) is 2. The molecule has 2 aliphatic rings. The Bertz CT molecular complexity index is 250. The van der Waals surface area contributed by atoms with E-state index in [4.69, 9.17) is 4.74 Å². The summed E-state index contributed by atoms with van der Waals surface area (Å²) < 4.78 is 5.33. The number of rotatable bonds is 3. The van der Waals surface area contributed by atoms with Crippen LogP contribution in [0.1, 0.15) is 47.5 Å². The lowest BCUT2D eigenvalue weighted by Gasteiger charge is -2.53. The third-order valence-corrected chi connectivity index (χ3v) is 4.51. The Morgan fingerprint density at radius 2 is 1.75 bits per heavy atom. The van der Waals surface area contributed by atoms with E-state index in [-0.39, 0.29) is 0 Å². The third kappa shape index (κ3) is 2.28. The summed E-state index contributed by atoms with van der Waals surface area (Å²) in [5.41, 5.74) is 0.794. The van der Waals surface area contributed by atoms with E-state index >= 15 is 0 Å². The summed E-state index contributed by atoms with van der Waals surface area (Å²) in [6, 6.07) is 0.801. The molecule has 0 aromatic heterocycles. The standard InChI is InChI=1S/C14H27NO/c1-13(2,3)15-7-6-12(15)8-14(4,5)11-9-16-10-11/h11-12H,6-10H2,1-5H3. The number of likely N-dealkylation sites (tertiary alicyclic amines) is 1. The molecule has 1 unspecified atom stereocenters. The van der Waals surface area contributed by atoms with Gasteiger partial charge in [0.05, 0.1) is 13.2 Å². The van der Waals surface area contributed by atoms with Gasteiger partial charge < -0.3 is 4.74 Å². The Morgan fingerprint density at radius 1 is 1.12 bits per heavy atom. The van der Waals surface area contributed by atoms with Crippen LogP contribution in [0.2, 0.25) is 0 Å². The monoisotopic (exact) mass is 225 g/mol. The van der Waals surface area contributed by atoms with Crippen molar-refractivity contribution in [1.29, 1.82) is 0 Å². The lowest BCUT2D eigenvalue weighted by Crippen LogP contribution is -2.59. The second kappa shape index (κ2) is 3.99. The Kier molecular flexibility index (Phi) is 3.09. The topological polar surface area (TPSA) is 12.5 Å². The van der Waals surface area contributed by atoms with Crippen LogP contribution in [-0.4, -0.2) is 36.2 Å². The number of nitrogens with zero attached hydrogens (tertiary/aromatic N) is 1. The normalized spacial score (nSPS) is 28.7. The van der Waals surface area contributed by atoms with Crippen molar-refractivity contribution < 1.29 is 4.74 Å². The van der Waals surface area contributed by atoms with E-state index < -0.39 is 0 Å². The first-order chi connectivity index (χ1) is 7.31. The van der Waals surface area contributed by atoms with Crippen LogP contribution in [0.25, 0.3) is 0 Å². The molecule has 0 aromatic carbocycles. The van der Waals surface area contributed by atoms with Crippen LogP contribution in [0.3, 0.4) is 0 Å². The summed E-state index contributed by atoms with van der Waals surface area (Å²) in [5.74, 6) is 0.787. The lowest BCUT2D eigenvalue weighted by atomic mass is 9.71. The maximum atomic E-state index is 5.33. The smallest absolute Gasteiger partial charge is 0.0521 e. The number of hydrogen-bond donors (Lipinski definition) is 0. The van der Waals surface area contributed by atoms with E-state index in [9.17, 15) is 0 Å². The molecule has 2 nitrogen and oxygen atoms in total. The fourth-order valence-electron chi connectivity index (χ4n) is 3.00. The molecular formula is C14H27NO. The summed E-state index contributed by atoms with van der Waals surface area (Å²) in [5, 5.41) is 0. The quantitative estimate of drug-likeness (QED) is 0.732. The van der Waals surface area contributed by atoms with Crippen LogP contribution in [0.5, 0.6) is 0 Å². The minimum Gasteiger partial charge on any atom is -0.381 e. The van der Waals surface area contributed by atoms with Gasteiger partial charge in [-0.25, -0.2) is 0 Å². The van der Waals surface area contributed by atoms with Gasteiger partial charge in [-0.1, -0.05) is 13.8 Å². The summed E-state index contributed by atoms with van der Waals surface area (Å²) in [6.45, 7) is 15.1. The van der Waals surface area contributed by atoms with Crippen molar-refractivity contribution in [2.45, 2.75) is 59.0 Å². The molecule has 1 atom stereocenters. The molecule has 2 fully saturated rings. The second-order valence-corrected chi connectivity index (χ2v) is 7.23. The summed E-state index contributed by atoms with van der Waals surface area (Å²) in [6.07, 6.45) is 2.71. The fourth-order valence-corrected chi connectivity index (χ4v) is 3.00. The first-order valence-electron chi connectivity index (χ1n) is 6.65. The van der Waals surface area contributed by atoms with Gasteiger partial charge in [0.25, 0.3) is 0 Å². The highest BCUT2D eigenvalue weighted by molar-refractivity contribution is 4.96. The molecule has 0 radical (unpaired) electrons. The van der Waals surface area contributed by atoms with Gasteiger partial charge in [0.15, 0.2) is 0 Å². The van der Waals surface area contributed by atoms with E-state index in [1.165, 1.54) is 19.4 Å². The molecule has 2 saturated heterocycles. The van der Waals surface area contributed by atoms with Crippen molar-refractivity contribution in [2.24, 2.45) is 11.3 Å². The highest BCUT2D eigenvalue weighted by atomic mass is 16.5. The first kappa shape index (κ1) is 12.4. The van der Waals surface area contributed by atoms with Crippen LogP contribution in [-0.2, 0) is 4.74 Å². The zero-order valence-corrected chi connectivity index (χ0v) is 11.5. The van der Waals surface area contributed by atoms with Crippen LogP contribution in [0.4, 0.5) is 0 Å². The second-order valence-electron chi connectivity index (χ2n) is 7.23. The first-order valence-corrected chi connectivity index (χ1v) is 6.65. The molecule has 0 bridgehead atoms. The lowest BCUT2D eigenvalue weighted by molar-refractivity contribution is -0.109. The van der Waals surface area contributed by atoms with Gasteiger partial charge in [-0.3, -0.25) is 4.90 Å². The molecule has 94 valence electrons. The molecule has 0 aliphatic carbocycles. The zero-order chi connectivity index (χ0) is 12.0. The average molecular weight is 225 g/mol. The molecule has 0 spiro atoms. The van der Waals surface area contributed by atoms with Crippen molar-refractivity contribution in [3.63, 3.8) is 0 Å². The van der Waals surface area contributed by atoms with E-state index in [2.05, 4.69) is 39.5 Å². The van der Waals surface area contributed by atoms with E-state index in [1.807, 2.05) is 0 Å². The van der Waals surface area contributed by atoms with Crippen molar-refractivity contribution >= 4 is 0 Å². The van der Waals surface area contributed by atoms with Crippen molar-refractivity contribution in [1.82, 2.24) is 4.90 Å². The van der Waals surface area contributed by atoms with Gasteiger partial charge in [0.2, 0.25) is 0 Å². The number of ether oxygens (including phenoxy) is 1. The largest absolute Gasteiger partial charge is 0.381 e.